The maximum atomic E-state index is 9.86. The maximum Gasteiger partial charge on any atom is 0.0593 e. The fourth-order valence-electron chi connectivity index (χ4n) is 3.69. The van der Waals surface area contributed by atoms with Crippen molar-refractivity contribution in [2.24, 2.45) is 17.8 Å². The van der Waals surface area contributed by atoms with Crippen LogP contribution in [0.5, 0.6) is 0 Å². The molecule has 0 unspecified atom stereocenters. The van der Waals surface area contributed by atoms with Crippen LogP contribution in [-0.2, 0) is 0 Å². The van der Waals surface area contributed by atoms with Crippen molar-refractivity contribution in [2.75, 3.05) is 6.61 Å². The van der Waals surface area contributed by atoms with Gasteiger partial charge in [-0.25, -0.2) is 0 Å². The van der Waals surface area contributed by atoms with Crippen LogP contribution < -0.4 is 0 Å². The summed E-state index contributed by atoms with van der Waals surface area (Å²) in [4.78, 5) is 0. The Bertz CT molecular complexity index is 197. The molecule has 0 heterocycles. The molecule has 2 rings (SSSR count). The highest BCUT2D eigenvalue weighted by Gasteiger charge is 2.36. The van der Waals surface area contributed by atoms with Crippen molar-refractivity contribution in [3.8, 4) is 0 Å². The summed E-state index contributed by atoms with van der Waals surface area (Å²) in [6.07, 6.45) is 11.4. The van der Waals surface area contributed by atoms with E-state index in [4.69, 9.17) is 0 Å². The fraction of sp³-hybridized carbons (Fsp3) is 1.00. The molecule has 2 fully saturated rings. The maximum absolute atomic E-state index is 9.86. The van der Waals surface area contributed by atoms with E-state index < -0.39 is 0 Å². The topological polar surface area (TPSA) is 40.5 Å². The van der Waals surface area contributed by atoms with Crippen molar-refractivity contribution in [3.05, 3.63) is 0 Å². The molecule has 0 aromatic carbocycles. The summed E-state index contributed by atoms with van der Waals surface area (Å²) in [7, 11) is 0. The van der Waals surface area contributed by atoms with Crippen LogP contribution in [-0.4, -0.2) is 22.9 Å². The molecule has 2 saturated carbocycles. The highest BCUT2D eigenvalue weighted by atomic mass is 16.3. The second kappa shape index (κ2) is 6.02. The van der Waals surface area contributed by atoms with Crippen LogP contribution in [0.1, 0.15) is 57.8 Å². The lowest BCUT2D eigenvalue weighted by Crippen LogP contribution is -2.16. The van der Waals surface area contributed by atoms with Crippen molar-refractivity contribution in [1.82, 2.24) is 0 Å². The number of hydrogen-bond acceptors (Lipinski definition) is 2. The second-order valence-corrected chi connectivity index (χ2v) is 5.85. The van der Waals surface area contributed by atoms with E-state index >= 15 is 0 Å². The predicted molar refractivity (Wildman–Crippen MR) is 65.1 cm³/mol. The third-order valence-corrected chi connectivity index (χ3v) is 4.74. The minimum absolute atomic E-state index is 0.162. The molecule has 2 aliphatic rings. The Balaban J connectivity index is 1.86. The van der Waals surface area contributed by atoms with Gasteiger partial charge in [0.05, 0.1) is 6.10 Å². The van der Waals surface area contributed by atoms with Crippen LogP contribution in [0, 0.1) is 17.8 Å². The molecule has 0 saturated heterocycles. The summed E-state index contributed by atoms with van der Waals surface area (Å²) in [6, 6.07) is 0. The monoisotopic (exact) mass is 226 g/mol. The minimum Gasteiger partial charge on any atom is -0.396 e. The molecular formula is C14H26O2. The molecule has 2 aliphatic carbocycles. The lowest BCUT2D eigenvalue weighted by molar-refractivity contribution is 0.0902. The summed E-state index contributed by atoms with van der Waals surface area (Å²) in [6.45, 7) is 0.171. The van der Waals surface area contributed by atoms with Gasteiger partial charge in [0, 0.05) is 12.5 Å². The van der Waals surface area contributed by atoms with E-state index in [1.165, 1.54) is 44.9 Å². The van der Waals surface area contributed by atoms with Gasteiger partial charge in [-0.15, -0.1) is 0 Å². The molecule has 0 spiro atoms. The van der Waals surface area contributed by atoms with Crippen molar-refractivity contribution in [3.63, 3.8) is 0 Å². The molecule has 0 bridgehead atoms. The first-order valence-electron chi connectivity index (χ1n) is 7.10. The van der Waals surface area contributed by atoms with Crippen LogP contribution in [0.25, 0.3) is 0 Å². The molecule has 0 aromatic rings. The fourth-order valence-corrected chi connectivity index (χ4v) is 3.69. The Morgan fingerprint density at radius 2 is 1.44 bits per heavy atom. The van der Waals surface area contributed by atoms with Crippen molar-refractivity contribution < 1.29 is 10.2 Å². The largest absolute Gasteiger partial charge is 0.396 e. The van der Waals surface area contributed by atoms with Gasteiger partial charge in [0.1, 0.15) is 0 Å². The van der Waals surface area contributed by atoms with Gasteiger partial charge in [-0.1, -0.05) is 44.9 Å². The van der Waals surface area contributed by atoms with Crippen LogP contribution in [0.15, 0.2) is 0 Å². The summed E-state index contributed by atoms with van der Waals surface area (Å²) in [5.74, 6) is 1.67. The van der Waals surface area contributed by atoms with E-state index in [0.717, 1.165) is 18.8 Å². The minimum atomic E-state index is -0.236. The smallest absolute Gasteiger partial charge is 0.0593 e. The molecular weight excluding hydrogens is 200 g/mol. The van der Waals surface area contributed by atoms with Crippen molar-refractivity contribution in [1.29, 1.82) is 0 Å². The number of rotatable bonds is 2. The Labute approximate surface area is 99.1 Å². The predicted octanol–water partition coefficient (Wildman–Crippen LogP) is 2.73. The SMILES string of the molecule is OC[C@@H]1C[C@@H](C2CCCCCCC2)C[C@@H]1O. The average molecular weight is 226 g/mol. The molecule has 2 N–H and O–H groups in total. The van der Waals surface area contributed by atoms with Gasteiger partial charge >= 0.3 is 0 Å². The molecule has 2 heteroatoms. The Kier molecular flexibility index (Phi) is 4.66. The molecule has 0 radical (unpaired) electrons. The van der Waals surface area contributed by atoms with E-state index in [0.29, 0.717) is 5.92 Å². The number of hydrogen-bond donors (Lipinski definition) is 2. The summed E-state index contributed by atoms with van der Waals surface area (Å²) in [5, 5.41) is 19.0. The van der Waals surface area contributed by atoms with E-state index in [-0.39, 0.29) is 18.6 Å². The third-order valence-electron chi connectivity index (χ3n) is 4.74. The van der Waals surface area contributed by atoms with Crippen LogP contribution in [0.4, 0.5) is 0 Å². The number of aliphatic hydroxyl groups excluding tert-OH is 2. The van der Waals surface area contributed by atoms with Crippen LogP contribution >= 0.6 is 0 Å². The molecule has 94 valence electrons. The molecule has 0 aromatic heterocycles. The first-order chi connectivity index (χ1) is 7.81. The Morgan fingerprint density at radius 3 is 2.00 bits per heavy atom. The van der Waals surface area contributed by atoms with Crippen molar-refractivity contribution >= 4 is 0 Å². The zero-order chi connectivity index (χ0) is 11.4. The Morgan fingerprint density at radius 1 is 0.812 bits per heavy atom. The van der Waals surface area contributed by atoms with Gasteiger partial charge in [-0.3, -0.25) is 0 Å². The van der Waals surface area contributed by atoms with Gasteiger partial charge in [-0.05, 0) is 24.7 Å². The highest BCUT2D eigenvalue weighted by molar-refractivity contribution is 4.86. The molecule has 2 nitrogen and oxygen atoms in total. The van der Waals surface area contributed by atoms with E-state index in [9.17, 15) is 10.2 Å². The van der Waals surface area contributed by atoms with Gasteiger partial charge in [-0.2, -0.15) is 0 Å². The summed E-state index contributed by atoms with van der Waals surface area (Å²) < 4.78 is 0. The standard InChI is InChI=1S/C14H26O2/c15-10-13-8-12(9-14(13)16)11-6-4-2-1-3-5-7-11/h11-16H,1-10H2/t12-,13+,14+/m1/s1. The lowest BCUT2D eigenvalue weighted by atomic mass is 9.80. The van der Waals surface area contributed by atoms with Gasteiger partial charge in [0.15, 0.2) is 0 Å². The molecule has 0 aliphatic heterocycles. The van der Waals surface area contributed by atoms with E-state index in [1.54, 1.807) is 0 Å². The normalized spacial score (nSPS) is 38.2. The van der Waals surface area contributed by atoms with Crippen LogP contribution in [0.2, 0.25) is 0 Å². The quantitative estimate of drug-likeness (QED) is 0.760. The zero-order valence-corrected chi connectivity index (χ0v) is 10.3. The Hall–Kier alpha value is -0.0800. The van der Waals surface area contributed by atoms with E-state index in [2.05, 4.69) is 0 Å². The first-order valence-corrected chi connectivity index (χ1v) is 7.10. The lowest BCUT2D eigenvalue weighted by Gasteiger charge is -2.25. The van der Waals surface area contributed by atoms with Gasteiger partial charge in [0.25, 0.3) is 0 Å². The zero-order valence-electron chi connectivity index (χ0n) is 10.3. The summed E-state index contributed by atoms with van der Waals surface area (Å²) >= 11 is 0. The van der Waals surface area contributed by atoms with Crippen molar-refractivity contribution in [2.45, 2.75) is 63.9 Å². The second-order valence-electron chi connectivity index (χ2n) is 5.85. The third kappa shape index (κ3) is 2.98. The first kappa shape index (κ1) is 12.4. The molecule has 3 atom stereocenters. The van der Waals surface area contributed by atoms with Gasteiger partial charge < -0.3 is 10.2 Å². The average Bonchev–Trinajstić information content (AvgIpc) is 2.59. The van der Waals surface area contributed by atoms with Gasteiger partial charge in [0.2, 0.25) is 0 Å². The highest BCUT2D eigenvalue weighted by Crippen LogP contribution is 2.40. The summed E-state index contributed by atoms with van der Waals surface area (Å²) in [5.41, 5.74) is 0. The molecule has 16 heavy (non-hydrogen) atoms. The molecule has 0 amide bonds. The van der Waals surface area contributed by atoms with Crippen LogP contribution in [0.3, 0.4) is 0 Å². The number of aliphatic hydroxyl groups is 2. The van der Waals surface area contributed by atoms with E-state index in [1.807, 2.05) is 0 Å².